The Kier molecular flexibility index (Phi) is 3.32. The van der Waals surface area contributed by atoms with Crippen LogP contribution in [0.4, 0.5) is 5.69 Å². The van der Waals surface area contributed by atoms with E-state index < -0.39 is 0 Å². The smallest absolute Gasteiger partial charge is 0.163 e. The van der Waals surface area contributed by atoms with Crippen molar-refractivity contribution in [2.24, 2.45) is 0 Å². The summed E-state index contributed by atoms with van der Waals surface area (Å²) in [7, 11) is 0. The first-order chi connectivity index (χ1) is 9.33. The van der Waals surface area contributed by atoms with Crippen molar-refractivity contribution in [1.82, 2.24) is 0 Å². The zero-order valence-corrected chi connectivity index (χ0v) is 10.9. The van der Waals surface area contributed by atoms with Gasteiger partial charge in [0.1, 0.15) is 0 Å². The molecule has 1 aliphatic rings. The van der Waals surface area contributed by atoms with Crippen LogP contribution in [0.15, 0.2) is 48.5 Å². The predicted octanol–water partition coefficient (Wildman–Crippen LogP) is 3.47. The predicted molar refractivity (Wildman–Crippen MR) is 77.7 cm³/mol. The molecule has 0 saturated carbocycles. The molecule has 0 aliphatic carbocycles. The largest absolute Gasteiger partial charge is 0.384 e. The van der Waals surface area contributed by atoms with E-state index in [4.69, 9.17) is 0 Å². The molecule has 2 aromatic rings. The monoisotopic (exact) mass is 251 g/mol. The Labute approximate surface area is 113 Å². The van der Waals surface area contributed by atoms with Gasteiger partial charge in [0.2, 0.25) is 0 Å². The summed E-state index contributed by atoms with van der Waals surface area (Å²) in [5, 5.41) is 3.31. The van der Waals surface area contributed by atoms with Crippen molar-refractivity contribution in [2.75, 3.05) is 11.9 Å². The zero-order chi connectivity index (χ0) is 13.1. The minimum Gasteiger partial charge on any atom is -0.384 e. The third-order valence-corrected chi connectivity index (χ3v) is 3.62. The topological polar surface area (TPSA) is 29.1 Å². The van der Waals surface area contributed by atoms with Crippen molar-refractivity contribution in [2.45, 2.75) is 19.3 Å². The highest BCUT2D eigenvalue weighted by Gasteiger charge is 2.13. The van der Waals surface area contributed by atoms with Gasteiger partial charge in [0.05, 0.1) is 0 Å². The molecule has 2 nitrogen and oxygen atoms in total. The lowest BCUT2D eigenvalue weighted by Crippen LogP contribution is -2.01. The number of fused-ring (bicyclic) bond motifs is 1. The van der Waals surface area contributed by atoms with Crippen molar-refractivity contribution in [3.05, 3.63) is 65.2 Å². The van der Waals surface area contributed by atoms with Crippen molar-refractivity contribution < 1.29 is 4.79 Å². The van der Waals surface area contributed by atoms with Gasteiger partial charge in [-0.15, -0.1) is 0 Å². The van der Waals surface area contributed by atoms with Crippen LogP contribution in [0.3, 0.4) is 0 Å². The molecule has 1 aliphatic heterocycles. The molecule has 0 radical (unpaired) electrons. The van der Waals surface area contributed by atoms with E-state index in [1.807, 2.05) is 36.4 Å². The molecular weight excluding hydrogens is 234 g/mol. The number of hydrogen-bond donors (Lipinski definition) is 1. The number of carbonyl (C=O) groups excluding carboxylic acids is 1. The van der Waals surface area contributed by atoms with Crippen LogP contribution in [-0.2, 0) is 12.8 Å². The number of carbonyl (C=O) groups is 1. The molecule has 0 unspecified atom stereocenters. The third kappa shape index (κ3) is 2.68. The van der Waals surface area contributed by atoms with Gasteiger partial charge in [-0.25, -0.2) is 0 Å². The summed E-state index contributed by atoms with van der Waals surface area (Å²) < 4.78 is 0. The molecule has 1 N–H and O–H groups in total. The number of hydrogen-bond acceptors (Lipinski definition) is 2. The summed E-state index contributed by atoms with van der Waals surface area (Å²) in [6.45, 7) is 0.983. The third-order valence-electron chi connectivity index (χ3n) is 3.62. The van der Waals surface area contributed by atoms with E-state index in [0.717, 1.165) is 24.9 Å². The van der Waals surface area contributed by atoms with E-state index in [1.54, 1.807) is 0 Å². The maximum absolute atomic E-state index is 12.2. The molecule has 2 heteroatoms. The molecular formula is C17H17NO. The summed E-state index contributed by atoms with van der Waals surface area (Å²) in [6.07, 6.45) is 2.42. The Morgan fingerprint density at radius 3 is 2.79 bits per heavy atom. The minimum atomic E-state index is 0.235. The highest BCUT2D eigenvalue weighted by Crippen LogP contribution is 2.23. The van der Waals surface area contributed by atoms with Crippen LogP contribution in [0.2, 0.25) is 0 Å². The average Bonchev–Trinajstić information content (AvgIpc) is 2.93. The number of anilines is 1. The Morgan fingerprint density at radius 2 is 1.95 bits per heavy atom. The molecule has 0 spiro atoms. The highest BCUT2D eigenvalue weighted by molar-refractivity contribution is 5.97. The van der Waals surface area contributed by atoms with E-state index in [9.17, 15) is 4.79 Å². The van der Waals surface area contributed by atoms with Gasteiger partial charge < -0.3 is 5.32 Å². The van der Waals surface area contributed by atoms with Crippen LogP contribution >= 0.6 is 0 Å². The van der Waals surface area contributed by atoms with Crippen LogP contribution in [0, 0.1) is 0 Å². The molecule has 1 heterocycles. The summed E-state index contributed by atoms with van der Waals surface area (Å²) >= 11 is 0. The van der Waals surface area contributed by atoms with Crippen LogP contribution in [0.25, 0.3) is 0 Å². The van der Waals surface area contributed by atoms with Crippen LogP contribution in [0.5, 0.6) is 0 Å². The summed E-state index contributed by atoms with van der Waals surface area (Å²) in [5.41, 5.74) is 4.52. The molecule has 19 heavy (non-hydrogen) atoms. The standard InChI is InChI=1S/C17H17NO/c19-17(9-6-13-4-2-1-3-5-13)15-7-8-16-14(12-15)10-11-18-16/h1-5,7-8,12,18H,6,9-11H2. The van der Waals surface area contributed by atoms with Crippen LogP contribution < -0.4 is 5.32 Å². The van der Waals surface area contributed by atoms with Gasteiger partial charge in [0.25, 0.3) is 0 Å². The molecule has 0 amide bonds. The Morgan fingerprint density at radius 1 is 1.11 bits per heavy atom. The van der Waals surface area contributed by atoms with Crippen LogP contribution in [-0.4, -0.2) is 12.3 Å². The SMILES string of the molecule is O=C(CCc1ccccc1)c1ccc2c(c1)CCN2. The van der Waals surface area contributed by atoms with Gasteiger partial charge >= 0.3 is 0 Å². The second-order valence-corrected chi connectivity index (χ2v) is 4.96. The van der Waals surface area contributed by atoms with E-state index in [2.05, 4.69) is 17.4 Å². The second-order valence-electron chi connectivity index (χ2n) is 4.96. The lowest BCUT2D eigenvalue weighted by atomic mass is 10.0. The lowest BCUT2D eigenvalue weighted by Gasteiger charge is -2.04. The normalized spacial score (nSPS) is 12.8. The van der Waals surface area contributed by atoms with E-state index in [-0.39, 0.29) is 5.78 Å². The summed E-state index contributed by atoms with van der Waals surface area (Å²) in [6, 6.07) is 16.2. The number of nitrogens with one attached hydrogen (secondary N) is 1. The van der Waals surface area contributed by atoms with Crippen molar-refractivity contribution in [3.63, 3.8) is 0 Å². The van der Waals surface area contributed by atoms with Crippen molar-refractivity contribution in [1.29, 1.82) is 0 Å². The zero-order valence-electron chi connectivity index (χ0n) is 10.9. The minimum absolute atomic E-state index is 0.235. The molecule has 0 saturated heterocycles. The number of benzene rings is 2. The fourth-order valence-corrected chi connectivity index (χ4v) is 2.53. The van der Waals surface area contributed by atoms with Gasteiger partial charge in [0.15, 0.2) is 5.78 Å². The average molecular weight is 251 g/mol. The van der Waals surface area contributed by atoms with E-state index in [0.29, 0.717) is 6.42 Å². The van der Waals surface area contributed by atoms with Crippen molar-refractivity contribution in [3.8, 4) is 0 Å². The number of Topliss-reactive ketones (excluding diaryl/α,β-unsaturated/α-hetero) is 1. The lowest BCUT2D eigenvalue weighted by molar-refractivity contribution is 0.0983. The maximum Gasteiger partial charge on any atom is 0.163 e. The summed E-state index contributed by atoms with van der Waals surface area (Å²) in [5.74, 6) is 0.235. The Balaban J connectivity index is 1.67. The highest BCUT2D eigenvalue weighted by atomic mass is 16.1. The van der Waals surface area contributed by atoms with Gasteiger partial charge in [0, 0.05) is 24.2 Å². The number of ketones is 1. The van der Waals surface area contributed by atoms with Gasteiger partial charge in [-0.1, -0.05) is 30.3 Å². The molecule has 96 valence electrons. The molecule has 0 aromatic heterocycles. The van der Waals surface area contributed by atoms with Gasteiger partial charge in [-0.2, -0.15) is 0 Å². The Hall–Kier alpha value is -2.09. The fraction of sp³-hybridized carbons (Fsp3) is 0.235. The maximum atomic E-state index is 12.2. The molecule has 0 fully saturated rings. The van der Waals surface area contributed by atoms with Gasteiger partial charge in [-0.3, -0.25) is 4.79 Å². The quantitative estimate of drug-likeness (QED) is 0.843. The Bertz CT molecular complexity index is 589. The van der Waals surface area contributed by atoms with Crippen molar-refractivity contribution >= 4 is 11.5 Å². The fourth-order valence-electron chi connectivity index (χ4n) is 2.53. The molecule has 0 bridgehead atoms. The second kappa shape index (κ2) is 5.27. The molecule has 0 atom stereocenters. The first-order valence-corrected chi connectivity index (χ1v) is 6.77. The van der Waals surface area contributed by atoms with E-state index in [1.165, 1.54) is 16.8 Å². The summed E-state index contributed by atoms with van der Waals surface area (Å²) in [4.78, 5) is 12.2. The molecule has 2 aromatic carbocycles. The molecule has 3 rings (SSSR count). The van der Waals surface area contributed by atoms with E-state index >= 15 is 0 Å². The first kappa shape index (κ1) is 12.0. The van der Waals surface area contributed by atoms with Gasteiger partial charge in [-0.05, 0) is 42.2 Å². The number of rotatable bonds is 4. The van der Waals surface area contributed by atoms with Crippen LogP contribution in [0.1, 0.15) is 27.9 Å². The number of aryl methyl sites for hydroxylation is 1. The first-order valence-electron chi connectivity index (χ1n) is 6.77.